The number of carboxylic acid groups (broad SMARTS) is 1. The number of carboxylic acids is 1. The molecule has 0 bridgehead atoms. The number of amides is 1. The van der Waals surface area contributed by atoms with Crippen molar-refractivity contribution < 1.29 is 27.9 Å². The molecule has 146 valence electrons. The summed E-state index contributed by atoms with van der Waals surface area (Å²) in [7, 11) is 0. The van der Waals surface area contributed by atoms with Crippen molar-refractivity contribution in [3.8, 4) is 0 Å². The second-order valence-electron chi connectivity index (χ2n) is 6.27. The van der Waals surface area contributed by atoms with Crippen molar-refractivity contribution in [1.82, 2.24) is 15.1 Å². The summed E-state index contributed by atoms with van der Waals surface area (Å²) < 4.78 is 38.8. The van der Waals surface area contributed by atoms with Crippen LogP contribution in [0.1, 0.15) is 41.4 Å². The van der Waals surface area contributed by atoms with Gasteiger partial charge in [0.2, 0.25) is 5.91 Å². The van der Waals surface area contributed by atoms with Crippen LogP contribution in [0.3, 0.4) is 0 Å². The molecule has 1 unspecified atom stereocenters. The van der Waals surface area contributed by atoms with Crippen LogP contribution < -0.4 is 5.32 Å². The maximum Gasteiger partial charge on any atom is 0.408 e. The van der Waals surface area contributed by atoms with E-state index < -0.39 is 36.6 Å². The molecule has 1 amide bonds. The Labute approximate surface area is 154 Å². The van der Waals surface area contributed by atoms with Crippen molar-refractivity contribution in [2.45, 2.75) is 45.5 Å². The number of rotatable bonds is 6. The average molecular weight is 383 g/mol. The minimum Gasteiger partial charge on any atom is -0.479 e. The van der Waals surface area contributed by atoms with Gasteiger partial charge in [0.25, 0.3) is 0 Å². The van der Waals surface area contributed by atoms with Crippen molar-refractivity contribution in [3.05, 3.63) is 52.8 Å². The van der Waals surface area contributed by atoms with E-state index in [2.05, 4.69) is 10.4 Å². The Morgan fingerprint density at radius 3 is 2.33 bits per heavy atom. The van der Waals surface area contributed by atoms with Gasteiger partial charge in [-0.25, -0.2) is 4.79 Å². The molecule has 0 aliphatic carbocycles. The first-order valence-corrected chi connectivity index (χ1v) is 8.20. The molecule has 0 saturated heterocycles. The van der Waals surface area contributed by atoms with E-state index in [9.17, 15) is 27.9 Å². The number of aromatic nitrogens is 2. The third-order valence-electron chi connectivity index (χ3n) is 4.26. The highest BCUT2D eigenvalue weighted by molar-refractivity contribution is 5.88. The van der Waals surface area contributed by atoms with E-state index in [1.165, 1.54) is 20.8 Å². The summed E-state index contributed by atoms with van der Waals surface area (Å²) in [4.78, 5) is 24.1. The second-order valence-corrected chi connectivity index (χ2v) is 6.27. The van der Waals surface area contributed by atoms with Crippen LogP contribution in [-0.4, -0.2) is 32.9 Å². The van der Waals surface area contributed by atoms with Gasteiger partial charge in [-0.2, -0.15) is 18.3 Å². The third-order valence-corrected chi connectivity index (χ3v) is 4.26. The molecule has 0 fully saturated rings. The summed E-state index contributed by atoms with van der Waals surface area (Å²) in [5.41, 5.74) is 1.27. The van der Waals surface area contributed by atoms with Gasteiger partial charge in [0, 0.05) is 11.3 Å². The molecular formula is C18H20F3N3O3. The number of nitrogens with zero attached hydrogens (tertiary/aromatic N) is 2. The van der Waals surface area contributed by atoms with E-state index >= 15 is 0 Å². The Balaban J connectivity index is 2.25. The predicted molar refractivity (Wildman–Crippen MR) is 91.1 cm³/mol. The van der Waals surface area contributed by atoms with Gasteiger partial charge in [-0.15, -0.1) is 0 Å². The van der Waals surface area contributed by atoms with Crippen LogP contribution in [-0.2, 0) is 16.1 Å². The highest BCUT2D eigenvalue weighted by Gasteiger charge is 2.32. The quantitative estimate of drug-likeness (QED) is 0.803. The zero-order chi connectivity index (χ0) is 20.4. The molecule has 1 aromatic carbocycles. The summed E-state index contributed by atoms with van der Waals surface area (Å²) in [6.07, 6.45) is -4.44. The van der Waals surface area contributed by atoms with Gasteiger partial charge >= 0.3 is 12.1 Å². The predicted octanol–water partition coefficient (Wildman–Crippen LogP) is 3.11. The summed E-state index contributed by atoms with van der Waals surface area (Å²) in [6, 6.07) is 6.90. The molecule has 1 heterocycles. The van der Waals surface area contributed by atoms with E-state index in [0.29, 0.717) is 16.8 Å². The highest BCUT2D eigenvalue weighted by Crippen LogP contribution is 2.27. The third kappa shape index (κ3) is 4.87. The first kappa shape index (κ1) is 20.5. The molecule has 2 aromatic rings. The number of hydrogen-bond acceptors (Lipinski definition) is 3. The summed E-state index contributed by atoms with van der Waals surface area (Å²) in [5.74, 6) is -2.70. The van der Waals surface area contributed by atoms with Gasteiger partial charge in [-0.3, -0.25) is 9.48 Å². The lowest BCUT2D eigenvalue weighted by molar-refractivity contribution is -0.143. The smallest absolute Gasteiger partial charge is 0.408 e. The van der Waals surface area contributed by atoms with Crippen LogP contribution in [0.2, 0.25) is 0 Å². The minimum absolute atomic E-state index is 0.221. The number of aryl methyl sites for hydroxylation is 1. The zero-order valence-corrected chi connectivity index (χ0v) is 15.0. The Bertz CT molecular complexity index is 832. The first-order chi connectivity index (χ1) is 12.5. The van der Waals surface area contributed by atoms with Gasteiger partial charge in [-0.05, 0) is 26.3 Å². The van der Waals surface area contributed by atoms with Crippen LogP contribution in [0.4, 0.5) is 13.2 Å². The van der Waals surface area contributed by atoms with Gasteiger partial charge in [0.05, 0.1) is 11.6 Å². The minimum atomic E-state index is -4.44. The standard InChI is InChI=1S/C18H20F3N3O3/c1-10(14-11(2)23-24(12(14)3)9-18(19,20)21)16(25)22-15(17(26)27)13-7-5-4-6-8-13/h4-8,10,15H,9H2,1-3H3,(H,22,25)(H,26,27)/t10?,15-/m1/s1. The largest absolute Gasteiger partial charge is 0.479 e. The molecule has 27 heavy (non-hydrogen) atoms. The monoisotopic (exact) mass is 383 g/mol. The number of carbonyl (C=O) groups is 2. The summed E-state index contributed by atoms with van der Waals surface area (Å²) >= 11 is 0. The second kappa shape index (κ2) is 7.81. The molecule has 9 heteroatoms. The molecule has 0 saturated carbocycles. The molecular weight excluding hydrogens is 363 g/mol. The molecule has 2 rings (SSSR count). The lowest BCUT2D eigenvalue weighted by atomic mass is 9.97. The van der Waals surface area contributed by atoms with Crippen molar-refractivity contribution in [3.63, 3.8) is 0 Å². The maximum atomic E-state index is 12.7. The fourth-order valence-corrected chi connectivity index (χ4v) is 2.99. The Hall–Kier alpha value is -2.84. The normalized spacial score (nSPS) is 13.9. The van der Waals surface area contributed by atoms with Crippen molar-refractivity contribution >= 4 is 11.9 Å². The number of benzene rings is 1. The number of aliphatic carboxylic acids is 1. The van der Waals surface area contributed by atoms with E-state index in [0.717, 1.165) is 4.68 Å². The van der Waals surface area contributed by atoms with E-state index in [4.69, 9.17) is 0 Å². The van der Waals surface area contributed by atoms with E-state index in [1.807, 2.05) is 0 Å². The lowest BCUT2D eigenvalue weighted by Crippen LogP contribution is -2.36. The number of carbonyl (C=O) groups excluding carboxylic acids is 1. The van der Waals surface area contributed by atoms with E-state index in [1.54, 1.807) is 30.3 Å². The summed E-state index contributed by atoms with van der Waals surface area (Å²) in [5, 5.41) is 15.7. The average Bonchev–Trinajstić information content (AvgIpc) is 2.84. The van der Waals surface area contributed by atoms with Crippen LogP contribution >= 0.6 is 0 Å². The van der Waals surface area contributed by atoms with Gasteiger partial charge in [0.15, 0.2) is 6.04 Å². The number of alkyl halides is 3. The molecule has 6 nitrogen and oxygen atoms in total. The number of hydrogen-bond donors (Lipinski definition) is 2. The van der Waals surface area contributed by atoms with Crippen molar-refractivity contribution in [1.29, 1.82) is 0 Å². The van der Waals surface area contributed by atoms with Crippen LogP contribution in [0.15, 0.2) is 30.3 Å². The molecule has 2 atom stereocenters. The molecule has 2 N–H and O–H groups in total. The lowest BCUT2D eigenvalue weighted by Gasteiger charge is -2.19. The summed E-state index contributed by atoms with van der Waals surface area (Å²) in [6.45, 7) is 3.23. The van der Waals surface area contributed by atoms with Crippen LogP contribution in [0.5, 0.6) is 0 Å². The fourth-order valence-electron chi connectivity index (χ4n) is 2.99. The van der Waals surface area contributed by atoms with Crippen molar-refractivity contribution in [2.75, 3.05) is 0 Å². The zero-order valence-electron chi connectivity index (χ0n) is 15.0. The Morgan fingerprint density at radius 1 is 1.22 bits per heavy atom. The SMILES string of the molecule is Cc1nn(CC(F)(F)F)c(C)c1C(C)C(=O)N[C@@H](C(=O)O)c1ccccc1. The van der Waals surface area contributed by atoms with Crippen LogP contribution in [0, 0.1) is 13.8 Å². The molecule has 1 aromatic heterocycles. The maximum absolute atomic E-state index is 12.7. The topological polar surface area (TPSA) is 84.2 Å². The van der Waals surface area contributed by atoms with Gasteiger partial charge < -0.3 is 10.4 Å². The molecule has 0 spiro atoms. The van der Waals surface area contributed by atoms with Gasteiger partial charge in [0.1, 0.15) is 6.54 Å². The Kier molecular flexibility index (Phi) is 5.92. The fraction of sp³-hybridized carbons (Fsp3) is 0.389. The first-order valence-electron chi connectivity index (χ1n) is 8.20. The van der Waals surface area contributed by atoms with Crippen LogP contribution in [0.25, 0.3) is 0 Å². The molecule has 0 radical (unpaired) electrons. The van der Waals surface area contributed by atoms with Crippen molar-refractivity contribution in [2.24, 2.45) is 0 Å². The molecule has 0 aliphatic heterocycles. The molecule has 0 aliphatic rings. The Morgan fingerprint density at radius 2 is 1.81 bits per heavy atom. The van der Waals surface area contributed by atoms with Gasteiger partial charge in [-0.1, -0.05) is 30.3 Å². The number of nitrogens with one attached hydrogen (secondary N) is 1. The number of halogens is 3. The highest BCUT2D eigenvalue weighted by atomic mass is 19.4. The van der Waals surface area contributed by atoms with E-state index in [-0.39, 0.29) is 5.69 Å².